The zero-order chi connectivity index (χ0) is 10.6. The largest absolute Gasteiger partial charge is 0.396 e. The normalized spacial score (nSPS) is 13.1. The van der Waals surface area contributed by atoms with E-state index in [4.69, 9.17) is 5.11 Å². The van der Waals surface area contributed by atoms with Gasteiger partial charge in [-0.25, -0.2) is 0 Å². The lowest BCUT2D eigenvalue weighted by atomic mass is 9.97. The van der Waals surface area contributed by atoms with Crippen molar-refractivity contribution in [3.63, 3.8) is 0 Å². The minimum atomic E-state index is 0.392. The van der Waals surface area contributed by atoms with Crippen LogP contribution in [0, 0.1) is 5.92 Å². The van der Waals surface area contributed by atoms with Gasteiger partial charge in [0.2, 0.25) is 0 Å². The molecular formula is C13H28O. The number of aliphatic hydroxyl groups is 1. The number of unbranched alkanes of at least 4 members (excludes halogenated alkanes) is 5. The Labute approximate surface area is 89.9 Å². The van der Waals surface area contributed by atoms with Gasteiger partial charge in [-0.05, 0) is 18.8 Å². The molecule has 0 spiro atoms. The van der Waals surface area contributed by atoms with Gasteiger partial charge in [0.15, 0.2) is 0 Å². The third-order valence-electron chi connectivity index (χ3n) is 2.92. The molecule has 0 aromatic heterocycles. The minimum Gasteiger partial charge on any atom is -0.396 e. The summed E-state index contributed by atoms with van der Waals surface area (Å²) in [6, 6.07) is 0. The van der Waals surface area contributed by atoms with E-state index in [1.54, 1.807) is 0 Å². The molecule has 0 radical (unpaired) electrons. The van der Waals surface area contributed by atoms with E-state index in [1.165, 1.54) is 57.8 Å². The Kier molecular flexibility index (Phi) is 11.0. The molecule has 1 nitrogen and oxygen atoms in total. The van der Waals surface area contributed by atoms with E-state index in [1.807, 2.05) is 0 Å². The van der Waals surface area contributed by atoms with Crippen LogP contribution in [0.1, 0.15) is 71.6 Å². The monoisotopic (exact) mass is 200 g/mol. The summed E-state index contributed by atoms with van der Waals surface area (Å²) >= 11 is 0. The highest BCUT2D eigenvalue weighted by Crippen LogP contribution is 2.15. The zero-order valence-corrected chi connectivity index (χ0v) is 10.1. The minimum absolute atomic E-state index is 0.392. The van der Waals surface area contributed by atoms with Gasteiger partial charge in [-0.1, -0.05) is 58.8 Å². The van der Waals surface area contributed by atoms with Gasteiger partial charge < -0.3 is 5.11 Å². The fourth-order valence-electron chi connectivity index (χ4n) is 1.95. The smallest absolute Gasteiger partial charge is 0.0459 e. The first-order valence-electron chi connectivity index (χ1n) is 6.46. The summed E-state index contributed by atoms with van der Waals surface area (Å²) in [5.74, 6) is 0.575. The van der Waals surface area contributed by atoms with Crippen molar-refractivity contribution < 1.29 is 5.11 Å². The Bertz CT molecular complexity index is 101. The van der Waals surface area contributed by atoms with Crippen LogP contribution >= 0.6 is 0 Å². The maximum absolute atomic E-state index is 9.10. The van der Waals surface area contributed by atoms with Crippen molar-refractivity contribution in [1.82, 2.24) is 0 Å². The van der Waals surface area contributed by atoms with E-state index < -0.39 is 0 Å². The number of hydrogen-bond donors (Lipinski definition) is 1. The van der Waals surface area contributed by atoms with Crippen LogP contribution in [0.15, 0.2) is 0 Å². The van der Waals surface area contributed by atoms with Gasteiger partial charge in [-0.15, -0.1) is 0 Å². The number of aliphatic hydroxyl groups excluding tert-OH is 1. The van der Waals surface area contributed by atoms with Crippen LogP contribution in [-0.4, -0.2) is 11.7 Å². The highest BCUT2D eigenvalue weighted by Gasteiger charge is 2.04. The number of rotatable bonds is 10. The molecule has 0 saturated carbocycles. The van der Waals surface area contributed by atoms with Gasteiger partial charge in [0, 0.05) is 6.61 Å². The highest BCUT2D eigenvalue weighted by molar-refractivity contribution is 4.57. The molecule has 0 aliphatic rings. The Balaban J connectivity index is 3.15. The summed E-state index contributed by atoms with van der Waals surface area (Å²) < 4.78 is 0. The average Bonchev–Trinajstić information content (AvgIpc) is 2.21. The molecule has 0 aliphatic carbocycles. The third-order valence-corrected chi connectivity index (χ3v) is 2.92. The topological polar surface area (TPSA) is 20.2 Å². The van der Waals surface area contributed by atoms with Crippen molar-refractivity contribution in [2.24, 2.45) is 5.92 Å². The van der Waals surface area contributed by atoms with Crippen LogP contribution in [0.25, 0.3) is 0 Å². The number of hydrogen-bond acceptors (Lipinski definition) is 1. The van der Waals surface area contributed by atoms with Crippen LogP contribution in [-0.2, 0) is 0 Å². The Morgan fingerprint density at radius 2 is 1.43 bits per heavy atom. The lowest BCUT2D eigenvalue weighted by molar-refractivity contribution is 0.206. The summed E-state index contributed by atoms with van der Waals surface area (Å²) in [5, 5.41) is 9.10. The van der Waals surface area contributed by atoms with Crippen LogP contribution in [0.5, 0.6) is 0 Å². The highest BCUT2D eigenvalue weighted by atomic mass is 16.3. The van der Waals surface area contributed by atoms with Gasteiger partial charge in [-0.3, -0.25) is 0 Å². The summed E-state index contributed by atoms with van der Waals surface area (Å²) in [7, 11) is 0. The molecule has 0 heterocycles. The third kappa shape index (κ3) is 8.55. The first kappa shape index (κ1) is 14.0. The molecule has 0 amide bonds. The van der Waals surface area contributed by atoms with Crippen molar-refractivity contribution in [3.8, 4) is 0 Å². The molecule has 0 aromatic rings. The van der Waals surface area contributed by atoms with E-state index in [-0.39, 0.29) is 0 Å². The SMILES string of the molecule is CCCCCCCC[C@H](CO)CCC. The molecule has 1 heteroatoms. The van der Waals surface area contributed by atoms with Gasteiger partial charge in [-0.2, -0.15) is 0 Å². The van der Waals surface area contributed by atoms with E-state index in [0.29, 0.717) is 12.5 Å². The van der Waals surface area contributed by atoms with Gasteiger partial charge >= 0.3 is 0 Å². The summed E-state index contributed by atoms with van der Waals surface area (Å²) in [5.41, 5.74) is 0. The van der Waals surface area contributed by atoms with Gasteiger partial charge in [0.05, 0.1) is 0 Å². The van der Waals surface area contributed by atoms with Crippen LogP contribution in [0.4, 0.5) is 0 Å². The predicted molar refractivity (Wildman–Crippen MR) is 63.5 cm³/mol. The summed E-state index contributed by atoms with van der Waals surface area (Å²) in [4.78, 5) is 0. The molecule has 0 bridgehead atoms. The predicted octanol–water partition coefficient (Wildman–Crippen LogP) is 4.15. The Morgan fingerprint density at radius 1 is 0.786 bits per heavy atom. The fourth-order valence-corrected chi connectivity index (χ4v) is 1.95. The Hall–Kier alpha value is -0.0400. The average molecular weight is 200 g/mol. The molecule has 0 fully saturated rings. The lowest BCUT2D eigenvalue weighted by Crippen LogP contribution is -2.05. The molecule has 14 heavy (non-hydrogen) atoms. The van der Waals surface area contributed by atoms with E-state index in [9.17, 15) is 0 Å². The molecule has 1 atom stereocenters. The standard InChI is InChI=1S/C13H28O/c1-3-5-6-7-8-9-11-13(12-14)10-4-2/h13-14H,3-12H2,1-2H3/t13-/m1/s1. The van der Waals surface area contributed by atoms with Gasteiger partial charge in [0.1, 0.15) is 0 Å². The van der Waals surface area contributed by atoms with Gasteiger partial charge in [0.25, 0.3) is 0 Å². The lowest BCUT2D eigenvalue weighted by Gasteiger charge is -2.12. The first-order chi connectivity index (χ1) is 6.85. The summed E-state index contributed by atoms with van der Waals surface area (Å²) in [6.07, 6.45) is 11.8. The molecule has 0 saturated heterocycles. The first-order valence-corrected chi connectivity index (χ1v) is 6.46. The van der Waals surface area contributed by atoms with Crippen molar-refractivity contribution in [1.29, 1.82) is 0 Å². The molecule has 0 aliphatic heterocycles. The second-order valence-corrected chi connectivity index (χ2v) is 4.39. The molecule has 0 unspecified atom stereocenters. The zero-order valence-electron chi connectivity index (χ0n) is 10.1. The summed E-state index contributed by atoms with van der Waals surface area (Å²) in [6.45, 7) is 4.84. The van der Waals surface area contributed by atoms with Crippen molar-refractivity contribution in [3.05, 3.63) is 0 Å². The van der Waals surface area contributed by atoms with E-state index in [2.05, 4.69) is 13.8 Å². The van der Waals surface area contributed by atoms with Crippen molar-refractivity contribution in [2.45, 2.75) is 71.6 Å². The van der Waals surface area contributed by atoms with E-state index in [0.717, 1.165) is 0 Å². The molecule has 0 aromatic carbocycles. The maximum atomic E-state index is 9.10. The molecule has 86 valence electrons. The Morgan fingerprint density at radius 3 is 2.00 bits per heavy atom. The molecule has 0 rings (SSSR count). The van der Waals surface area contributed by atoms with Crippen molar-refractivity contribution >= 4 is 0 Å². The van der Waals surface area contributed by atoms with Crippen molar-refractivity contribution in [2.75, 3.05) is 6.61 Å². The molecule has 1 N–H and O–H groups in total. The fraction of sp³-hybridized carbons (Fsp3) is 1.00. The quantitative estimate of drug-likeness (QED) is 0.525. The second kappa shape index (κ2) is 11.0. The van der Waals surface area contributed by atoms with Crippen LogP contribution in [0.3, 0.4) is 0 Å². The van der Waals surface area contributed by atoms with Crippen LogP contribution in [0.2, 0.25) is 0 Å². The van der Waals surface area contributed by atoms with E-state index >= 15 is 0 Å². The maximum Gasteiger partial charge on any atom is 0.0459 e. The molecular weight excluding hydrogens is 172 g/mol. The second-order valence-electron chi connectivity index (χ2n) is 4.39. The van der Waals surface area contributed by atoms with Crippen LogP contribution < -0.4 is 0 Å².